The zero-order chi connectivity index (χ0) is 21.8. The van der Waals surface area contributed by atoms with Gasteiger partial charge in [0.05, 0.1) is 6.54 Å². The van der Waals surface area contributed by atoms with Crippen molar-refractivity contribution in [2.24, 2.45) is 0 Å². The fourth-order valence-corrected chi connectivity index (χ4v) is 3.91. The lowest BCUT2D eigenvalue weighted by Gasteiger charge is -2.29. The van der Waals surface area contributed by atoms with E-state index in [-0.39, 0.29) is 18.9 Å². The highest BCUT2D eigenvalue weighted by atomic mass is 16.4. The Morgan fingerprint density at radius 3 is 2.61 bits per heavy atom. The van der Waals surface area contributed by atoms with Crippen LogP contribution in [0.15, 0.2) is 54.7 Å². The normalized spacial score (nSPS) is 14.0. The molecule has 1 aliphatic rings. The molecule has 2 heterocycles. The molecule has 2 aromatic carbocycles. The summed E-state index contributed by atoms with van der Waals surface area (Å²) in [5, 5.41) is 15.4. The summed E-state index contributed by atoms with van der Waals surface area (Å²) >= 11 is 0. The average molecular weight is 420 g/mol. The molecular weight excluding hydrogens is 396 g/mol. The van der Waals surface area contributed by atoms with Crippen LogP contribution in [0.2, 0.25) is 0 Å². The molecule has 8 heteroatoms. The second kappa shape index (κ2) is 8.91. The van der Waals surface area contributed by atoms with E-state index in [1.165, 1.54) is 5.56 Å². The number of fused-ring (bicyclic) bond motifs is 2. The number of hydrogen-bond donors (Lipinski definition) is 4. The van der Waals surface area contributed by atoms with Crippen molar-refractivity contribution in [3.8, 4) is 0 Å². The molecule has 0 aliphatic carbocycles. The number of urea groups is 1. The van der Waals surface area contributed by atoms with Crippen LogP contribution in [0.1, 0.15) is 16.7 Å². The third-order valence-electron chi connectivity index (χ3n) is 5.59. The van der Waals surface area contributed by atoms with Crippen LogP contribution < -0.4 is 10.6 Å². The quantitative estimate of drug-likeness (QED) is 0.489. The molecule has 4 N–H and O–H groups in total. The molecule has 1 unspecified atom stereocenters. The van der Waals surface area contributed by atoms with Gasteiger partial charge < -0.3 is 25.6 Å². The highest BCUT2D eigenvalue weighted by Gasteiger charge is 2.24. The van der Waals surface area contributed by atoms with Gasteiger partial charge in [-0.1, -0.05) is 42.5 Å². The van der Waals surface area contributed by atoms with E-state index in [2.05, 4.69) is 21.7 Å². The molecule has 1 atom stereocenters. The zero-order valence-electron chi connectivity index (χ0n) is 16.9. The summed E-state index contributed by atoms with van der Waals surface area (Å²) < 4.78 is 0. The monoisotopic (exact) mass is 420 g/mol. The molecule has 8 nitrogen and oxygen atoms in total. The number of nitrogens with one attached hydrogen (secondary N) is 3. The minimum absolute atomic E-state index is 0.129. The van der Waals surface area contributed by atoms with Gasteiger partial charge in [-0.2, -0.15) is 0 Å². The number of aromatic amines is 1. The predicted molar refractivity (Wildman–Crippen MR) is 116 cm³/mol. The second-order valence-corrected chi connectivity index (χ2v) is 7.62. The van der Waals surface area contributed by atoms with Gasteiger partial charge in [-0.15, -0.1) is 0 Å². The fourth-order valence-electron chi connectivity index (χ4n) is 3.91. The number of aliphatic carboxylic acids is 1. The Hall–Kier alpha value is -3.81. The van der Waals surface area contributed by atoms with Gasteiger partial charge in [0.2, 0.25) is 5.91 Å². The topological polar surface area (TPSA) is 115 Å². The van der Waals surface area contributed by atoms with E-state index in [1.807, 2.05) is 42.5 Å². The summed E-state index contributed by atoms with van der Waals surface area (Å²) in [5.74, 6) is -1.34. The lowest BCUT2D eigenvalue weighted by molar-refractivity contribution is -0.139. The van der Waals surface area contributed by atoms with Crippen molar-refractivity contribution in [1.82, 2.24) is 20.5 Å². The first-order valence-corrected chi connectivity index (χ1v) is 10.2. The minimum Gasteiger partial charge on any atom is -0.480 e. The van der Waals surface area contributed by atoms with Gasteiger partial charge in [0.25, 0.3) is 0 Å². The first-order valence-electron chi connectivity index (χ1n) is 10.2. The fraction of sp³-hybridized carbons (Fsp3) is 0.261. The van der Waals surface area contributed by atoms with E-state index in [9.17, 15) is 19.5 Å². The third-order valence-corrected chi connectivity index (χ3v) is 5.59. The SMILES string of the molecule is O=C(NCC(=O)N1CCc2ccccc2C1)NC(Cc1c[nH]c2ccccc12)C(=O)O. The molecule has 0 radical (unpaired) electrons. The molecule has 3 amide bonds. The summed E-state index contributed by atoms with van der Waals surface area (Å²) in [7, 11) is 0. The number of aromatic nitrogens is 1. The minimum atomic E-state index is -1.14. The molecular formula is C23H24N4O4. The molecule has 31 heavy (non-hydrogen) atoms. The van der Waals surface area contributed by atoms with Crippen LogP contribution in [0.5, 0.6) is 0 Å². The number of amides is 3. The summed E-state index contributed by atoms with van der Waals surface area (Å²) in [4.78, 5) is 41.2. The molecule has 0 spiro atoms. The van der Waals surface area contributed by atoms with Gasteiger partial charge in [0, 0.05) is 36.6 Å². The van der Waals surface area contributed by atoms with E-state index in [0.717, 1.165) is 28.5 Å². The highest BCUT2D eigenvalue weighted by Crippen LogP contribution is 2.20. The number of carboxylic acids is 1. The van der Waals surface area contributed by atoms with Crippen LogP contribution in [-0.2, 0) is 29.0 Å². The van der Waals surface area contributed by atoms with Crippen molar-refractivity contribution in [3.63, 3.8) is 0 Å². The highest BCUT2D eigenvalue weighted by molar-refractivity contribution is 5.88. The number of benzene rings is 2. The third kappa shape index (κ3) is 4.69. The molecule has 3 aromatic rings. The predicted octanol–water partition coefficient (Wildman–Crippen LogP) is 2.05. The van der Waals surface area contributed by atoms with Gasteiger partial charge in [-0.25, -0.2) is 9.59 Å². The van der Waals surface area contributed by atoms with E-state index in [0.29, 0.717) is 13.1 Å². The van der Waals surface area contributed by atoms with Gasteiger partial charge in [-0.3, -0.25) is 4.79 Å². The molecule has 160 valence electrons. The van der Waals surface area contributed by atoms with Crippen molar-refractivity contribution >= 4 is 28.8 Å². The molecule has 0 saturated heterocycles. The van der Waals surface area contributed by atoms with E-state index in [4.69, 9.17) is 0 Å². The number of H-pyrrole nitrogens is 1. The van der Waals surface area contributed by atoms with Crippen LogP contribution in [0.4, 0.5) is 4.79 Å². The first kappa shape index (κ1) is 20.5. The Labute approximate surface area is 179 Å². The van der Waals surface area contributed by atoms with Crippen LogP contribution in [-0.4, -0.2) is 52.0 Å². The van der Waals surface area contributed by atoms with Crippen LogP contribution in [0, 0.1) is 0 Å². The van der Waals surface area contributed by atoms with Gasteiger partial charge >= 0.3 is 12.0 Å². The van der Waals surface area contributed by atoms with E-state index < -0.39 is 18.0 Å². The maximum atomic E-state index is 12.5. The maximum Gasteiger partial charge on any atom is 0.326 e. The Morgan fingerprint density at radius 2 is 1.81 bits per heavy atom. The van der Waals surface area contributed by atoms with Crippen molar-refractivity contribution in [2.75, 3.05) is 13.1 Å². The average Bonchev–Trinajstić information content (AvgIpc) is 3.19. The Bertz CT molecular complexity index is 1120. The van der Waals surface area contributed by atoms with Gasteiger partial charge in [0.15, 0.2) is 0 Å². The van der Waals surface area contributed by atoms with Crippen molar-refractivity contribution < 1.29 is 19.5 Å². The van der Waals surface area contributed by atoms with E-state index in [1.54, 1.807) is 11.1 Å². The Morgan fingerprint density at radius 1 is 1.06 bits per heavy atom. The smallest absolute Gasteiger partial charge is 0.326 e. The Kier molecular flexibility index (Phi) is 5.88. The lowest BCUT2D eigenvalue weighted by atomic mass is 10.00. The van der Waals surface area contributed by atoms with Crippen LogP contribution >= 0.6 is 0 Å². The maximum absolute atomic E-state index is 12.5. The van der Waals surface area contributed by atoms with Gasteiger partial charge in [0.1, 0.15) is 6.04 Å². The van der Waals surface area contributed by atoms with Crippen LogP contribution in [0.3, 0.4) is 0 Å². The number of para-hydroxylation sites is 1. The van der Waals surface area contributed by atoms with Crippen molar-refractivity contribution in [2.45, 2.75) is 25.4 Å². The zero-order valence-corrected chi connectivity index (χ0v) is 16.9. The number of carboxylic acid groups (broad SMARTS) is 1. The van der Waals surface area contributed by atoms with Crippen LogP contribution in [0.25, 0.3) is 10.9 Å². The van der Waals surface area contributed by atoms with Crippen molar-refractivity contribution in [3.05, 3.63) is 71.4 Å². The summed E-state index contributed by atoms with van der Waals surface area (Å²) in [6, 6.07) is 13.7. The number of rotatable bonds is 6. The summed E-state index contributed by atoms with van der Waals surface area (Å²) in [5.41, 5.74) is 4.04. The number of hydrogen-bond acceptors (Lipinski definition) is 3. The van der Waals surface area contributed by atoms with Crippen molar-refractivity contribution in [1.29, 1.82) is 0 Å². The molecule has 0 bridgehead atoms. The number of nitrogens with zero attached hydrogens (tertiary/aromatic N) is 1. The van der Waals surface area contributed by atoms with E-state index >= 15 is 0 Å². The Balaban J connectivity index is 1.31. The molecule has 0 fully saturated rings. The lowest BCUT2D eigenvalue weighted by Crippen LogP contribution is -2.50. The first-order chi connectivity index (χ1) is 15.0. The largest absolute Gasteiger partial charge is 0.480 e. The molecule has 0 saturated carbocycles. The van der Waals surface area contributed by atoms with Gasteiger partial charge in [-0.05, 0) is 29.2 Å². The second-order valence-electron chi connectivity index (χ2n) is 7.62. The molecule has 1 aromatic heterocycles. The number of carbonyl (C=O) groups excluding carboxylic acids is 2. The summed E-state index contributed by atoms with van der Waals surface area (Å²) in [6.07, 6.45) is 2.65. The molecule has 1 aliphatic heterocycles. The standard InChI is InChI=1S/C23H24N4O4/c28-21(27-10-9-15-5-1-2-6-16(15)14-27)13-25-23(31)26-20(22(29)30)11-17-12-24-19-8-4-3-7-18(17)19/h1-8,12,20,24H,9-11,13-14H2,(H,29,30)(H2,25,26,31). The number of carbonyl (C=O) groups is 3. The molecule has 4 rings (SSSR count). The summed E-state index contributed by atoms with van der Waals surface area (Å²) in [6.45, 7) is 0.918.